The van der Waals surface area contributed by atoms with E-state index in [2.05, 4.69) is 323 Å². The minimum absolute atomic E-state index is 0.846. The number of para-hydroxylation sites is 2. The van der Waals surface area contributed by atoms with Gasteiger partial charge in [-0.05, 0) is 158 Å². The number of hydrogen-bond donors (Lipinski definition) is 0. The Morgan fingerprint density at radius 1 is 0.250 bits per heavy atom. The molecule has 5 nitrogen and oxygen atoms in total. The zero-order valence-electron chi connectivity index (χ0n) is 45.6. The highest BCUT2D eigenvalue weighted by Crippen LogP contribution is 2.44. The van der Waals surface area contributed by atoms with Gasteiger partial charge in [0.05, 0.1) is 39.5 Å². The first-order valence-corrected chi connectivity index (χ1v) is 29.2. The van der Waals surface area contributed by atoms with Gasteiger partial charge in [0, 0.05) is 49.9 Å². The van der Waals surface area contributed by atoms with Crippen molar-refractivity contribution in [3.05, 3.63) is 309 Å². The van der Waals surface area contributed by atoms with Crippen molar-refractivity contribution in [2.75, 3.05) is 4.90 Å². The lowest BCUT2D eigenvalue weighted by Crippen LogP contribution is -2.11. The molecule has 0 fully saturated rings. The predicted molar refractivity (Wildman–Crippen MR) is 353 cm³/mol. The fraction of sp³-hybridized carbons (Fsp3) is 0. The van der Waals surface area contributed by atoms with Crippen molar-refractivity contribution in [2.24, 2.45) is 0 Å². The average Bonchev–Trinajstić information content (AvgIpc) is 2.19. The van der Waals surface area contributed by atoms with Crippen molar-refractivity contribution in [1.82, 2.24) is 17.9 Å². The van der Waals surface area contributed by atoms with Crippen LogP contribution in [0.2, 0.25) is 0 Å². The number of benzene rings is 13. The Hall–Kier alpha value is -10.9. The smallest absolute Gasteiger partial charge is 0.129 e. The molecule has 3 aromatic heterocycles. The molecule has 0 unspecified atom stereocenters. The third-order valence-electron chi connectivity index (χ3n) is 16.7. The molecule has 16 rings (SSSR count). The van der Waals surface area contributed by atoms with E-state index >= 15 is 0 Å². The van der Waals surface area contributed by atoms with Gasteiger partial charge in [-0.1, -0.05) is 212 Å². The Labute approximate surface area is 490 Å². The van der Waals surface area contributed by atoms with Gasteiger partial charge >= 0.3 is 0 Å². The van der Waals surface area contributed by atoms with E-state index in [1.807, 2.05) is 0 Å². The molecule has 13 aromatic carbocycles. The minimum atomic E-state index is 0.846. The number of anilines is 3. The molecule has 0 atom stereocenters. The Bertz CT molecular complexity index is 4870. The lowest BCUT2D eigenvalue weighted by molar-refractivity contribution is 1.17. The van der Waals surface area contributed by atoms with E-state index in [1.165, 1.54) is 94.4 Å². The van der Waals surface area contributed by atoms with Crippen LogP contribution in [0.15, 0.2) is 309 Å². The summed E-state index contributed by atoms with van der Waals surface area (Å²) >= 11 is 1.25. The second-order valence-electron chi connectivity index (χ2n) is 21.5. The molecule has 394 valence electrons. The standard InChI is InChI=1S/C78H51N5S/c1-4-14-52(15-5-1)55-24-28-58(29-25-55)61-36-47-74-70(50-61)71-51-62(59-30-26-56(27-31-59)53-16-6-2-7-17-53)37-48-75(71)83(74)65-40-34-60(35-41-65)67-46-49-76(78-77(67)79-84-80-78)81(63-38-32-57(33-39-63)54-18-8-3-9-19-54)64-42-44-66(45-43-64)82-72-22-12-10-20-68(72)69-21-11-13-23-73(69)82/h1-51H. The summed E-state index contributed by atoms with van der Waals surface area (Å²) in [7, 11) is 0. The maximum atomic E-state index is 5.07. The molecular weight excluding hydrogens is 1040 g/mol. The highest BCUT2D eigenvalue weighted by molar-refractivity contribution is 7.00. The number of nitrogens with zero attached hydrogens (tertiary/aromatic N) is 5. The van der Waals surface area contributed by atoms with E-state index in [0.29, 0.717) is 0 Å². The van der Waals surface area contributed by atoms with Crippen LogP contribution in [0.25, 0.3) is 133 Å². The lowest BCUT2D eigenvalue weighted by Gasteiger charge is -2.26. The molecule has 16 aromatic rings. The third-order valence-corrected chi connectivity index (χ3v) is 17.2. The van der Waals surface area contributed by atoms with E-state index in [-0.39, 0.29) is 0 Å². The summed E-state index contributed by atoms with van der Waals surface area (Å²) in [6.45, 7) is 0. The fourth-order valence-corrected chi connectivity index (χ4v) is 13.1. The van der Waals surface area contributed by atoms with Crippen LogP contribution >= 0.6 is 11.7 Å². The molecule has 3 heterocycles. The van der Waals surface area contributed by atoms with E-state index in [1.54, 1.807) is 0 Å². The van der Waals surface area contributed by atoms with Gasteiger partial charge < -0.3 is 14.0 Å². The normalized spacial score (nSPS) is 11.6. The third kappa shape index (κ3) is 8.55. The van der Waals surface area contributed by atoms with Crippen LogP contribution in [0.3, 0.4) is 0 Å². The van der Waals surface area contributed by atoms with Crippen molar-refractivity contribution in [3.63, 3.8) is 0 Å². The van der Waals surface area contributed by atoms with Gasteiger partial charge in [0.2, 0.25) is 0 Å². The molecular formula is C78H51N5S. The average molecular weight is 1090 g/mol. The first-order chi connectivity index (χ1) is 41.6. The van der Waals surface area contributed by atoms with Gasteiger partial charge in [0.1, 0.15) is 11.0 Å². The molecule has 0 radical (unpaired) electrons. The number of rotatable bonds is 11. The zero-order chi connectivity index (χ0) is 55.5. The Morgan fingerprint density at radius 2 is 0.583 bits per heavy atom. The SMILES string of the molecule is c1ccc(-c2ccc(-c3ccc4c(c3)c3cc(-c5ccc(-c6ccccc6)cc5)ccc3n4-c3ccc(-c4ccc(N(c5ccc(-c6ccccc6)cc5)c5ccc(-n6c7ccccc7c7ccccc76)cc5)c5nsnc45)cc3)cc2)cc1. The Kier molecular flexibility index (Phi) is 12.0. The molecule has 0 N–H and O–H groups in total. The highest BCUT2D eigenvalue weighted by atomic mass is 32.1. The molecule has 0 spiro atoms. The highest BCUT2D eigenvalue weighted by Gasteiger charge is 2.22. The van der Waals surface area contributed by atoms with Crippen molar-refractivity contribution in [2.45, 2.75) is 0 Å². The quantitative estimate of drug-likeness (QED) is 0.130. The van der Waals surface area contributed by atoms with E-state index in [9.17, 15) is 0 Å². The topological polar surface area (TPSA) is 38.9 Å². The summed E-state index contributed by atoms with van der Waals surface area (Å²) in [5.74, 6) is 0. The van der Waals surface area contributed by atoms with Gasteiger partial charge in [-0.3, -0.25) is 0 Å². The lowest BCUT2D eigenvalue weighted by atomic mass is 9.97. The van der Waals surface area contributed by atoms with Crippen LogP contribution in [0.5, 0.6) is 0 Å². The Balaban J connectivity index is 0.777. The largest absolute Gasteiger partial charge is 0.309 e. The molecule has 0 amide bonds. The minimum Gasteiger partial charge on any atom is -0.309 e. The summed E-state index contributed by atoms with van der Waals surface area (Å²) in [4.78, 5) is 2.32. The van der Waals surface area contributed by atoms with Gasteiger partial charge in [-0.25, -0.2) is 0 Å². The summed E-state index contributed by atoms with van der Waals surface area (Å²) in [6.07, 6.45) is 0. The maximum Gasteiger partial charge on any atom is 0.129 e. The maximum absolute atomic E-state index is 5.07. The molecule has 0 saturated heterocycles. The molecule has 0 saturated carbocycles. The first kappa shape index (κ1) is 48.9. The Morgan fingerprint density at radius 3 is 1.05 bits per heavy atom. The monoisotopic (exact) mass is 1090 g/mol. The van der Waals surface area contributed by atoms with Gasteiger partial charge in [0.25, 0.3) is 0 Å². The number of fused-ring (bicyclic) bond motifs is 7. The van der Waals surface area contributed by atoms with Crippen molar-refractivity contribution in [3.8, 4) is 78.1 Å². The van der Waals surface area contributed by atoms with E-state index in [4.69, 9.17) is 8.75 Å². The van der Waals surface area contributed by atoms with Gasteiger partial charge in [-0.15, -0.1) is 0 Å². The van der Waals surface area contributed by atoms with Crippen LogP contribution in [0, 0.1) is 0 Å². The fourth-order valence-electron chi connectivity index (χ4n) is 12.5. The second-order valence-corrected chi connectivity index (χ2v) is 22.0. The summed E-state index contributed by atoms with van der Waals surface area (Å²) < 4.78 is 14.9. The van der Waals surface area contributed by atoms with Crippen LogP contribution in [0.4, 0.5) is 17.1 Å². The molecule has 0 aliphatic carbocycles. The molecule has 0 aliphatic rings. The molecule has 84 heavy (non-hydrogen) atoms. The van der Waals surface area contributed by atoms with Crippen LogP contribution < -0.4 is 4.90 Å². The summed E-state index contributed by atoms with van der Waals surface area (Å²) in [5, 5.41) is 4.88. The van der Waals surface area contributed by atoms with Crippen molar-refractivity contribution < 1.29 is 0 Å². The number of aromatic nitrogens is 4. The van der Waals surface area contributed by atoms with Gasteiger partial charge in [-0.2, -0.15) is 8.75 Å². The molecule has 6 heteroatoms. The first-order valence-electron chi connectivity index (χ1n) is 28.5. The molecule has 0 aliphatic heterocycles. The predicted octanol–water partition coefficient (Wildman–Crippen LogP) is 21.4. The van der Waals surface area contributed by atoms with Crippen molar-refractivity contribution >= 4 is 83.4 Å². The second kappa shape index (κ2) is 20.6. The van der Waals surface area contributed by atoms with Crippen LogP contribution in [-0.2, 0) is 0 Å². The summed E-state index contributed by atoms with van der Waals surface area (Å²) in [6, 6.07) is 112. The van der Waals surface area contributed by atoms with E-state index in [0.717, 1.165) is 67.2 Å². The number of hydrogen-bond acceptors (Lipinski definition) is 4. The van der Waals surface area contributed by atoms with E-state index < -0.39 is 0 Å². The summed E-state index contributed by atoms with van der Waals surface area (Å²) in [5.41, 5.74) is 25.5. The molecule has 0 bridgehead atoms. The van der Waals surface area contributed by atoms with Gasteiger partial charge in [0.15, 0.2) is 0 Å². The van der Waals surface area contributed by atoms with Crippen LogP contribution in [0.1, 0.15) is 0 Å². The zero-order valence-corrected chi connectivity index (χ0v) is 46.4. The van der Waals surface area contributed by atoms with Crippen LogP contribution in [-0.4, -0.2) is 17.9 Å². The van der Waals surface area contributed by atoms with Crippen molar-refractivity contribution in [1.29, 1.82) is 0 Å².